The van der Waals surface area contributed by atoms with Crippen molar-refractivity contribution in [2.24, 2.45) is 0 Å². The SMILES string of the molecule is COc1oc(=O)c2cc(NC(=O)[C@@H](NS(=O)(=O)c3ccc(C)cc3)c3ccccc3)ccc2c1Cl. The predicted molar refractivity (Wildman–Crippen MR) is 133 cm³/mol. The first kappa shape index (κ1) is 24.5. The van der Waals surface area contributed by atoms with Crippen LogP contribution in [0.25, 0.3) is 10.8 Å². The number of rotatable bonds is 7. The maximum atomic E-state index is 13.3. The lowest BCUT2D eigenvalue weighted by atomic mass is 10.1. The monoisotopic (exact) mass is 512 g/mol. The Morgan fingerprint density at radius 1 is 1.00 bits per heavy atom. The van der Waals surface area contributed by atoms with Gasteiger partial charge in [-0.1, -0.05) is 65.7 Å². The number of methoxy groups -OCH3 is 1. The van der Waals surface area contributed by atoms with Crippen molar-refractivity contribution < 1.29 is 22.4 Å². The highest BCUT2D eigenvalue weighted by molar-refractivity contribution is 7.89. The molecule has 35 heavy (non-hydrogen) atoms. The third-order valence-corrected chi connectivity index (χ3v) is 7.09. The summed E-state index contributed by atoms with van der Waals surface area (Å²) in [6, 6.07) is 18.0. The number of anilines is 1. The number of hydrogen-bond donors (Lipinski definition) is 2. The highest BCUT2D eigenvalue weighted by Gasteiger charge is 2.27. The summed E-state index contributed by atoms with van der Waals surface area (Å²) in [4.78, 5) is 25.7. The van der Waals surface area contributed by atoms with E-state index in [1.807, 2.05) is 6.92 Å². The van der Waals surface area contributed by atoms with Gasteiger partial charge in [-0.05, 0) is 36.8 Å². The van der Waals surface area contributed by atoms with Gasteiger partial charge in [0.25, 0.3) is 0 Å². The van der Waals surface area contributed by atoms with E-state index in [0.29, 0.717) is 10.9 Å². The van der Waals surface area contributed by atoms with E-state index in [2.05, 4.69) is 10.0 Å². The van der Waals surface area contributed by atoms with Crippen LogP contribution in [0.5, 0.6) is 5.95 Å². The third kappa shape index (κ3) is 5.22. The number of benzene rings is 3. The minimum atomic E-state index is -4.02. The zero-order valence-electron chi connectivity index (χ0n) is 18.7. The van der Waals surface area contributed by atoms with E-state index >= 15 is 0 Å². The summed E-state index contributed by atoms with van der Waals surface area (Å²) in [5, 5.41) is 3.31. The topological polar surface area (TPSA) is 115 Å². The molecule has 0 bridgehead atoms. The summed E-state index contributed by atoms with van der Waals surface area (Å²) >= 11 is 6.22. The molecular weight excluding hydrogens is 492 g/mol. The average molecular weight is 513 g/mol. The van der Waals surface area contributed by atoms with E-state index in [9.17, 15) is 18.0 Å². The Labute approximate surface area is 206 Å². The summed E-state index contributed by atoms with van der Waals surface area (Å²) in [6.45, 7) is 1.84. The molecule has 0 fully saturated rings. The van der Waals surface area contributed by atoms with Crippen molar-refractivity contribution in [3.63, 3.8) is 0 Å². The van der Waals surface area contributed by atoms with E-state index in [0.717, 1.165) is 5.56 Å². The van der Waals surface area contributed by atoms with Crippen LogP contribution < -0.4 is 20.4 Å². The molecule has 1 amide bonds. The summed E-state index contributed by atoms with van der Waals surface area (Å²) < 4.78 is 38.6. The minimum Gasteiger partial charge on any atom is -0.467 e. The van der Waals surface area contributed by atoms with Crippen LogP contribution in [0.3, 0.4) is 0 Å². The van der Waals surface area contributed by atoms with Gasteiger partial charge in [0.15, 0.2) is 0 Å². The molecule has 0 saturated heterocycles. The van der Waals surface area contributed by atoms with Crippen LogP contribution in [0.4, 0.5) is 5.69 Å². The lowest BCUT2D eigenvalue weighted by Crippen LogP contribution is -2.37. The van der Waals surface area contributed by atoms with Crippen molar-refractivity contribution in [1.29, 1.82) is 0 Å². The van der Waals surface area contributed by atoms with Crippen LogP contribution >= 0.6 is 11.6 Å². The normalized spacial score (nSPS) is 12.3. The predicted octanol–water partition coefficient (Wildman–Crippen LogP) is 4.42. The third-order valence-electron chi connectivity index (χ3n) is 5.29. The molecule has 4 aromatic rings. The Balaban J connectivity index is 1.68. The quantitative estimate of drug-likeness (QED) is 0.379. The molecular formula is C25H21ClN2O6S. The number of nitrogens with one attached hydrogen (secondary N) is 2. The minimum absolute atomic E-state index is 0.0312. The molecule has 180 valence electrons. The van der Waals surface area contributed by atoms with Gasteiger partial charge in [0.1, 0.15) is 11.1 Å². The Morgan fingerprint density at radius 2 is 1.69 bits per heavy atom. The van der Waals surface area contributed by atoms with Crippen LogP contribution in [0.15, 0.2) is 86.9 Å². The van der Waals surface area contributed by atoms with E-state index in [-0.39, 0.29) is 26.9 Å². The second-order valence-electron chi connectivity index (χ2n) is 7.72. The maximum Gasteiger partial charge on any atom is 0.346 e. The van der Waals surface area contributed by atoms with Gasteiger partial charge < -0.3 is 14.5 Å². The molecule has 0 saturated carbocycles. The number of carbonyl (C=O) groups is 1. The number of aryl methyl sites for hydroxylation is 1. The van der Waals surface area contributed by atoms with E-state index in [4.69, 9.17) is 20.8 Å². The molecule has 1 atom stereocenters. The van der Waals surface area contributed by atoms with Crippen molar-refractivity contribution in [1.82, 2.24) is 4.72 Å². The molecule has 1 aromatic heterocycles. The molecule has 8 nitrogen and oxygen atoms in total. The highest BCUT2D eigenvalue weighted by atomic mass is 35.5. The van der Waals surface area contributed by atoms with E-state index < -0.39 is 27.6 Å². The zero-order chi connectivity index (χ0) is 25.2. The van der Waals surface area contributed by atoms with E-state index in [1.165, 1.54) is 25.3 Å². The van der Waals surface area contributed by atoms with Gasteiger partial charge in [0, 0.05) is 11.1 Å². The Bertz CT molecular complexity index is 1550. The molecule has 3 aromatic carbocycles. The second kappa shape index (κ2) is 9.91. The van der Waals surface area contributed by atoms with Crippen LogP contribution in [0.1, 0.15) is 17.2 Å². The summed E-state index contributed by atoms with van der Waals surface area (Å²) in [5.41, 5.74) is 0.900. The van der Waals surface area contributed by atoms with Gasteiger partial charge in [-0.15, -0.1) is 0 Å². The standard InChI is InChI=1S/C25H21ClN2O6S/c1-15-8-11-18(12-9-15)35(31,32)28-22(16-6-4-3-5-7-16)23(29)27-17-10-13-19-20(14-17)24(30)34-25(33-2)21(19)26/h3-14,22,28H,1-2H3,(H,27,29)/t22-/m0/s1. The first-order valence-corrected chi connectivity index (χ1v) is 12.3. The number of carbonyl (C=O) groups excluding carboxylic acids is 1. The number of fused-ring (bicyclic) bond motifs is 1. The number of ether oxygens (including phenoxy) is 1. The van der Waals surface area contributed by atoms with Crippen LogP contribution in [-0.2, 0) is 14.8 Å². The second-order valence-corrected chi connectivity index (χ2v) is 9.81. The average Bonchev–Trinajstić information content (AvgIpc) is 2.85. The summed E-state index contributed by atoms with van der Waals surface area (Å²) in [6.07, 6.45) is 0. The number of hydrogen-bond acceptors (Lipinski definition) is 6. The largest absolute Gasteiger partial charge is 0.467 e. The Kier molecular flexibility index (Phi) is 6.93. The summed E-state index contributed by atoms with van der Waals surface area (Å²) in [7, 11) is -2.70. The fourth-order valence-electron chi connectivity index (χ4n) is 3.48. The first-order valence-electron chi connectivity index (χ1n) is 10.4. The van der Waals surface area contributed by atoms with Crippen LogP contribution in [0, 0.1) is 6.92 Å². The van der Waals surface area contributed by atoms with Gasteiger partial charge in [-0.3, -0.25) is 4.79 Å². The van der Waals surface area contributed by atoms with Crippen molar-refractivity contribution in [3.05, 3.63) is 99.4 Å². The molecule has 0 aliphatic rings. The molecule has 0 spiro atoms. The lowest BCUT2D eigenvalue weighted by molar-refractivity contribution is -0.117. The van der Waals surface area contributed by atoms with Gasteiger partial charge in [0.2, 0.25) is 15.9 Å². The molecule has 0 aliphatic heterocycles. The van der Waals surface area contributed by atoms with Crippen LogP contribution in [-0.4, -0.2) is 21.4 Å². The molecule has 1 heterocycles. The number of halogens is 1. The van der Waals surface area contributed by atoms with E-state index in [1.54, 1.807) is 54.6 Å². The van der Waals surface area contributed by atoms with Crippen LogP contribution in [0.2, 0.25) is 5.02 Å². The highest BCUT2D eigenvalue weighted by Crippen LogP contribution is 2.32. The molecule has 0 unspecified atom stereocenters. The fraction of sp³-hybridized carbons (Fsp3) is 0.120. The Hall–Kier alpha value is -3.66. The molecule has 0 radical (unpaired) electrons. The van der Waals surface area contributed by atoms with Crippen molar-refractivity contribution in [2.75, 3.05) is 12.4 Å². The van der Waals surface area contributed by atoms with Gasteiger partial charge in [-0.2, -0.15) is 4.72 Å². The molecule has 0 aliphatic carbocycles. The van der Waals surface area contributed by atoms with Crippen molar-refractivity contribution in [3.8, 4) is 5.95 Å². The van der Waals surface area contributed by atoms with Gasteiger partial charge in [0.05, 0.1) is 17.4 Å². The maximum absolute atomic E-state index is 13.3. The molecule has 10 heteroatoms. The smallest absolute Gasteiger partial charge is 0.346 e. The van der Waals surface area contributed by atoms with Crippen molar-refractivity contribution in [2.45, 2.75) is 17.9 Å². The summed E-state index contributed by atoms with van der Waals surface area (Å²) in [5.74, 6) is -0.758. The fourth-order valence-corrected chi connectivity index (χ4v) is 4.95. The van der Waals surface area contributed by atoms with Crippen molar-refractivity contribution >= 4 is 44.0 Å². The zero-order valence-corrected chi connectivity index (χ0v) is 20.3. The molecule has 2 N–H and O–H groups in total. The van der Waals surface area contributed by atoms with Gasteiger partial charge >= 0.3 is 11.6 Å². The molecule has 4 rings (SSSR count). The first-order chi connectivity index (χ1) is 16.7. The number of sulfonamides is 1. The lowest BCUT2D eigenvalue weighted by Gasteiger charge is -2.19. The van der Waals surface area contributed by atoms with Gasteiger partial charge in [-0.25, -0.2) is 13.2 Å². The number of amides is 1. The Morgan fingerprint density at radius 3 is 2.34 bits per heavy atom.